The van der Waals surface area contributed by atoms with E-state index in [-0.39, 0.29) is 6.04 Å². The van der Waals surface area contributed by atoms with E-state index in [1.807, 2.05) is 30.0 Å². The number of hydrogen-bond donors (Lipinski definition) is 1. The van der Waals surface area contributed by atoms with Gasteiger partial charge in [0.15, 0.2) is 0 Å². The zero-order chi connectivity index (χ0) is 14.4. The van der Waals surface area contributed by atoms with Gasteiger partial charge in [0.25, 0.3) is 0 Å². The SMILES string of the molecule is CCNC(CSc1ccc(C)cc1)c1ccccc1Cl. The van der Waals surface area contributed by atoms with Gasteiger partial charge in [-0.05, 0) is 37.2 Å². The fourth-order valence-corrected chi connectivity index (χ4v) is 3.33. The Morgan fingerprint density at radius 3 is 2.45 bits per heavy atom. The molecular formula is C17H20ClNS. The predicted molar refractivity (Wildman–Crippen MR) is 89.8 cm³/mol. The number of benzene rings is 2. The Labute approximate surface area is 130 Å². The first-order valence-electron chi connectivity index (χ1n) is 6.88. The van der Waals surface area contributed by atoms with Crippen LogP contribution in [0.4, 0.5) is 0 Å². The first kappa shape index (κ1) is 15.4. The van der Waals surface area contributed by atoms with Crippen LogP contribution < -0.4 is 5.32 Å². The molecule has 20 heavy (non-hydrogen) atoms. The third kappa shape index (κ3) is 4.27. The summed E-state index contributed by atoms with van der Waals surface area (Å²) in [4.78, 5) is 1.30. The van der Waals surface area contributed by atoms with E-state index in [1.165, 1.54) is 16.0 Å². The largest absolute Gasteiger partial charge is 0.309 e. The molecular weight excluding hydrogens is 286 g/mol. The fraction of sp³-hybridized carbons (Fsp3) is 0.294. The second-order valence-electron chi connectivity index (χ2n) is 4.76. The molecule has 1 unspecified atom stereocenters. The van der Waals surface area contributed by atoms with Gasteiger partial charge >= 0.3 is 0 Å². The van der Waals surface area contributed by atoms with Crippen LogP contribution in [0.25, 0.3) is 0 Å². The van der Waals surface area contributed by atoms with Crippen LogP contribution in [-0.4, -0.2) is 12.3 Å². The minimum absolute atomic E-state index is 0.278. The molecule has 0 radical (unpaired) electrons. The molecule has 0 saturated heterocycles. The Bertz CT molecular complexity index is 539. The Kier molecular flexibility index (Phi) is 5.96. The highest BCUT2D eigenvalue weighted by Crippen LogP contribution is 2.28. The number of aryl methyl sites for hydroxylation is 1. The molecule has 2 aromatic carbocycles. The average molecular weight is 306 g/mol. The fourth-order valence-electron chi connectivity index (χ4n) is 2.08. The molecule has 0 heterocycles. The van der Waals surface area contributed by atoms with E-state index in [2.05, 4.69) is 49.5 Å². The average Bonchev–Trinajstić information content (AvgIpc) is 2.46. The van der Waals surface area contributed by atoms with E-state index in [1.54, 1.807) is 0 Å². The van der Waals surface area contributed by atoms with Crippen molar-refractivity contribution >= 4 is 23.4 Å². The summed E-state index contributed by atoms with van der Waals surface area (Å²) in [7, 11) is 0. The smallest absolute Gasteiger partial charge is 0.0454 e. The lowest BCUT2D eigenvalue weighted by Gasteiger charge is -2.19. The summed E-state index contributed by atoms with van der Waals surface area (Å²) in [5.41, 5.74) is 2.47. The molecule has 1 atom stereocenters. The monoisotopic (exact) mass is 305 g/mol. The Morgan fingerprint density at radius 1 is 1.10 bits per heavy atom. The van der Waals surface area contributed by atoms with Crippen LogP contribution in [0.5, 0.6) is 0 Å². The lowest BCUT2D eigenvalue weighted by atomic mass is 10.1. The van der Waals surface area contributed by atoms with Crippen LogP contribution >= 0.6 is 23.4 Å². The van der Waals surface area contributed by atoms with Gasteiger partial charge in [0.2, 0.25) is 0 Å². The van der Waals surface area contributed by atoms with Crippen LogP contribution in [0.15, 0.2) is 53.4 Å². The minimum atomic E-state index is 0.278. The zero-order valence-electron chi connectivity index (χ0n) is 11.9. The quantitative estimate of drug-likeness (QED) is 0.746. The van der Waals surface area contributed by atoms with Gasteiger partial charge in [-0.15, -0.1) is 11.8 Å². The maximum absolute atomic E-state index is 6.31. The number of halogens is 1. The summed E-state index contributed by atoms with van der Waals surface area (Å²) in [6.45, 7) is 5.17. The van der Waals surface area contributed by atoms with Crippen LogP contribution in [-0.2, 0) is 0 Å². The standard InChI is InChI=1S/C17H20ClNS/c1-3-19-17(15-6-4-5-7-16(15)18)12-20-14-10-8-13(2)9-11-14/h4-11,17,19H,3,12H2,1-2H3. The summed E-state index contributed by atoms with van der Waals surface area (Å²) in [6.07, 6.45) is 0. The van der Waals surface area contributed by atoms with Crippen molar-refractivity contribution in [3.05, 3.63) is 64.7 Å². The van der Waals surface area contributed by atoms with Crippen molar-refractivity contribution in [2.45, 2.75) is 24.8 Å². The molecule has 0 amide bonds. The van der Waals surface area contributed by atoms with Crippen LogP contribution in [0.1, 0.15) is 24.1 Å². The van der Waals surface area contributed by atoms with E-state index in [4.69, 9.17) is 11.6 Å². The molecule has 0 aliphatic heterocycles. The second kappa shape index (κ2) is 7.72. The zero-order valence-corrected chi connectivity index (χ0v) is 13.5. The van der Waals surface area contributed by atoms with Crippen molar-refractivity contribution in [2.75, 3.05) is 12.3 Å². The molecule has 0 aliphatic carbocycles. The lowest BCUT2D eigenvalue weighted by Crippen LogP contribution is -2.23. The maximum Gasteiger partial charge on any atom is 0.0454 e. The van der Waals surface area contributed by atoms with Crippen molar-refractivity contribution in [3.63, 3.8) is 0 Å². The summed E-state index contributed by atoms with van der Waals surface area (Å²) in [5, 5.41) is 4.35. The molecule has 2 aromatic rings. The van der Waals surface area contributed by atoms with Gasteiger partial charge < -0.3 is 5.32 Å². The topological polar surface area (TPSA) is 12.0 Å². The van der Waals surface area contributed by atoms with Gasteiger partial charge in [0, 0.05) is 21.7 Å². The molecule has 0 fully saturated rings. The molecule has 0 spiro atoms. The van der Waals surface area contributed by atoms with Gasteiger partial charge in [-0.2, -0.15) is 0 Å². The molecule has 0 saturated carbocycles. The molecule has 3 heteroatoms. The van der Waals surface area contributed by atoms with Gasteiger partial charge in [0.05, 0.1) is 0 Å². The Balaban J connectivity index is 2.06. The molecule has 0 aliphatic rings. The van der Waals surface area contributed by atoms with Crippen molar-refractivity contribution in [1.29, 1.82) is 0 Å². The van der Waals surface area contributed by atoms with Gasteiger partial charge in [-0.3, -0.25) is 0 Å². The van der Waals surface area contributed by atoms with Gasteiger partial charge in [-0.1, -0.05) is 54.4 Å². The third-order valence-corrected chi connectivity index (χ3v) is 4.62. The highest BCUT2D eigenvalue weighted by molar-refractivity contribution is 7.99. The summed E-state index contributed by atoms with van der Waals surface area (Å²) in [5.74, 6) is 0.973. The van der Waals surface area contributed by atoms with Crippen molar-refractivity contribution in [3.8, 4) is 0 Å². The van der Waals surface area contributed by atoms with Crippen molar-refractivity contribution < 1.29 is 0 Å². The van der Waals surface area contributed by atoms with Crippen LogP contribution in [0.3, 0.4) is 0 Å². The van der Waals surface area contributed by atoms with E-state index in [9.17, 15) is 0 Å². The first-order valence-corrected chi connectivity index (χ1v) is 8.24. The molecule has 0 aromatic heterocycles. The highest BCUT2D eigenvalue weighted by Gasteiger charge is 2.13. The van der Waals surface area contributed by atoms with E-state index < -0.39 is 0 Å². The van der Waals surface area contributed by atoms with Crippen LogP contribution in [0.2, 0.25) is 5.02 Å². The molecule has 1 nitrogen and oxygen atoms in total. The van der Waals surface area contributed by atoms with Crippen LogP contribution in [0, 0.1) is 6.92 Å². The third-order valence-electron chi connectivity index (χ3n) is 3.17. The van der Waals surface area contributed by atoms with Crippen molar-refractivity contribution in [1.82, 2.24) is 5.32 Å². The number of nitrogens with one attached hydrogen (secondary N) is 1. The van der Waals surface area contributed by atoms with E-state index in [0.717, 1.165) is 17.3 Å². The summed E-state index contributed by atoms with van der Waals surface area (Å²) in [6, 6.07) is 17.0. The molecule has 106 valence electrons. The van der Waals surface area contributed by atoms with E-state index in [0.29, 0.717) is 0 Å². The Morgan fingerprint density at radius 2 is 1.80 bits per heavy atom. The minimum Gasteiger partial charge on any atom is -0.309 e. The Hall–Kier alpha value is -0.960. The number of rotatable bonds is 6. The van der Waals surface area contributed by atoms with Crippen molar-refractivity contribution in [2.24, 2.45) is 0 Å². The first-order chi connectivity index (χ1) is 9.70. The number of hydrogen-bond acceptors (Lipinski definition) is 2. The normalized spacial score (nSPS) is 12.3. The number of thioether (sulfide) groups is 1. The maximum atomic E-state index is 6.31. The molecule has 0 bridgehead atoms. The lowest BCUT2D eigenvalue weighted by molar-refractivity contribution is 0.606. The summed E-state index contributed by atoms with van der Waals surface area (Å²) < 4.78 is 0. The summed E-state index contributed by atoms with van der Waals surface area (Å²) >= 11 is 8.17. The van der Waals surface area contributed by atoms with Gasteiger partial charge in [0.1, 0.15) is 0 Å². The van der Waals surface area contributed by atoms with Gasteiger partial charge in [-0.25, -0.2) is 0 Å². The predicted octanol–water partition coefficient (Wildman–Crippen LogP) is 5.09. The highest BCUT2D eigenvalue weighted by atomic mass is 35.5. The van der Waals surface area contributed by atoms with E-state index >= 15 is 0 Å². The molecule has 1 N–H and O–H groups in total. The second-order valence-corrected chi connectivity index (χ2v) is 6.26. The molecule has 2 rings (SSSR count).